The molecule has 0 spiro atoms. The summed E-state index contributed by atoms with van der Waals surface area (Å²) in [6.07, 6.45) is 1.52. The van der Waals surface area contributed by atoms with Gasteiger partial charge in [-0.15, -0.1) is 0 Å². The number of aryl methyl sites for hydroxylation is 2. The first-order chi connectivity index (χ1) is 17.4. The van der Waals surface area contributed by atoms with Gasteiger partial charge in [0.15, 0.2) is 6.20 Å². The summed E-state index contributed by atoms with van der Waals surface area (Å²) in [4.78, 5) is 4.28. The first kappa shape index (κ1) is 16.1. The molecule has 4 heteroatoms. The van der Waals surface area contributed by atoms with Crippen LogP contribution < -0.4 is 4.57 Å². The molecule has 3 aromatic carbocycles. The van der Waals surface area contributed by atoms with Gasteiger partial charge < -0.3 is 4.42 Å². The molecule has 0 fully saturated rings. The quantitative estimate of drug-likeness (QED) is 0.285. The van der Waals surface area contributed by atoms with Gasteiger partial charge in [0, 0.05) is 16.3 Å². The van der Waals surface area contributed by atoms with Crippen LogP contribution in [-0.4, -0.2) is 4.98 Å². The Morgan fingerprint density at radius 3 is 2.52 bits per heavy atom. The fourth-order valence-electron chi connectivity index (χ4n) is 4.85. The lowest BCUT2D eigenvalue weighted by Gasteiger charge is -2.14. The molecule has 2 aromatic heterocycles. The minimum Gasteiger partial charge on any atom is -0.454 e. The van der Waals surface area contributed by atoms with Crippen molar-refractivity contribution in [3.8, 4) is 22.4 Å². The zero-order chi connectivity index (χ0) is 26.5. The number of rotatable bonds is 2. The van der Waals surface area contributed by atoms with Gasteiger partial charge in [-0.05, 0) is 59.5 Å². The topological polar surface area (TPSA) is 29.9 Å². The van der Waals surface area contributed by atoms with Crippen molar-refractivity contribution in [1.29, 1.82) is 0 Å². The minimum absolute atomic E-state index is 0.233. The number of fused-ring (bicyclic) bond motifs is 4. The van der Waals surface area contributed by atoms with Crippen molar-refractivity contribution in [2.24, 2.45) is 12.5 Å². The third-order valence-electron chi connectivity index (χ3n) is 6.38. The zero-order valence-corrected chi connectivity index (χ0v) is 19.0. The molecule has 33 heavy (non-hydrogen) atoms. The molecule has 0 saturated carbocycles. The van der Waals surface area contributed by atoms with Gasteiger partial charge in [0.1, 0.15) is 24.0 Å². The molecule has 2 heterocycles. The standard InChI is InChI=1S/C29H26FN2O/c1-17-5-8-21-22-9-10-23(30)26(18-6-7-19-14-29(2,3)15-20(19)13-18)28(22)33-27(21)25(17)24-16-31-11-12-32(24)4/h5-13,16H,14-15H2,1-4H3/q+1/i14D2,15D2. The molecule has 0 amide bonds. The zero-order valence-electron chi connectivity index (χ0n) is 23.0. The van der Waals surface area contributed by atoms with E-state index >= 15 is 4.39 Å². The normalized spacial score (nSPS) is 19.7. The predicted molar refractivity (Wildman–Crippen MR) is 129 cm³/mol. The highest BCUT2D eigenvalue weighted by atomic mass is 19.1. The van der Waals surface area contributed by atoms with Gasteiger partial charge >= 0.3 is 0 Å². The summed E-state index contributed by atoms with van der Waals surface area (Å²) < 4.78 is 58.7. The summed E-state index contributed by atoms with van der Waals surface area (Å²) in [6, 6.07) is 11.9. The third-order valence-corrected chi connectivity index (χ3v) is 6.38. The number of halogens is 1. The van der Waals surface area contributed by atoms with Crippen LogP contribution in [-0.2, 0) is 19.8 Å². The Morgan fingerprint density at radius 2 is 1.73 bits per heavy atom. The average Bonchev–Trinajstić information content (AvgIpc) is 3.26. The molecule has 6 rings (SSSR count). The first-order valence-electron chi connectivity index (χ1n) is 13.0. The molecule has 0 atom stereocenters. The fourth-order valence-corrected chi connectivity index (χ4v) is 4.85. The number of furan rings is 1. The Bertz CT molecular complexity index is 1760. The van der Waals surface area contributed by atoms with Gasteiger partial charge in [-0.2, -0.15) is 4.57 Å². The van der Waals surface area contributed by atoms with Crippen LogP contribution in [0.15, 0.2) is 65.5 Å². The SMILES string of the molecule is [2H]C1([2H])c2ccc(-c3c(F)ccc4c3oc3c(-c5cncc[n+]5C)c(C)ccc34)cc2C([2H])([2H])C1(C)C. The second kappa shape index (κ2) is 6.98. The summed E-state index contributed by atoms with van der Waals surface area (Å²) in [5.74, 6) is -0.488. The highest BCUT2D eigenvalue weighted by Gasteiger charge is 2.29. The molecule has 0 aliphatic heterocycles. The molecule has 1 aliphatic rings. The molecule has 0 bridgehead atoms. The minimum atomic E-state index is -1.95. The van der Waals surface area contributed by atoms with E-state index in [1.807, 2.05) is 36.9 Å². The van der Waals surface area contributed by atoms with Crippen molar-refractivity contribution >= 4 is 21.9 Å². The predicted octanol–water partition coefficient (Wildman–Crippen LogP) is 6.71. The summed E-state index contributed by atoms with van der Waals surface area (Å²) >= 11 is 0. The van der Waals surface area contributed by atoms with Crippen LogP contribution in [0.3, 0.4) is 0 Å². The number of hydrogen-bond acceptors (Lipinski definition) is 2. The van der Waals surface area contributed by atoms with E-state index in [1.165, 1.54) is 6.07 Å². The van der Waals surface area contributed by atoms with Crippen molar-refractivity contribution in [2.45, 2.75) is 33.5 Å². The summed E-state index contributed by atoms with van der Waals surface area (Å²) in [7, 11) is 1.93. The van der Waals surface area contributed by atoms with E-state index in [4.69, 9.17) is 9.90 Å². The van der Waals surface area contributed by atoms with Crippen molar-refractivity contribution in [3.05, 3.63) is 83.6 Å². The summed E-state index contributed by atoms with van der Waals surface area (Å²) in [5, 5.41) is 1.59. The molecule has 0 unspecified atom stereocenters. The van der Waals surface area contributed by atoms with Gasteiger partial charge in [0.2, 0.25) is 5.69 Å². The molecule has 0 radical (unpaired) electrons. The first-order valence-corrected chi connectivity index (χ1v) is 11.0. The van der Waals surface area contributed by atoms with Gasteiger partial charge in [-0.1, -0.05) is 44.2 Å². The second-order valence-corrected chi connectivity index (χ2v) is 9.24. The second-order valence-electron chi connectivity index (χ2n) is 9.24. The van der Waals surface area contributed by atoms with Crippen molar-refractivity contribution in [2.75, 3.05) is 0 Å². The Kier molecular flexibility index (Phi) is 3.41. The highest BCUT2D eigenvalue weighted by Crippen LogP contribution is 2.43. The van der Waals surface area contributed by atoms with Crippen LogP contribution in [0.5, 0.6) is 0 Å². The molecule has 5 aromatic rings. The lowest BCUT2D eigenvalue weighted by molar-refractivity contribution is -0.660. The van der Waals surface area contributed by atoms with Gasteiger partial charge in [0.25, 0.3) is 0 Å². The Balaban J connectivity index is 1.65. The van der Waals surface area contributed by atoms with E-state index in [1.54, 1.807) is 50.5 Å². The summed E-state index contributed by atoms with van der Waals surface area (Å²) in [5.41, 5.74) is 3.65. The number of aromatic nitrogens is 2. The van der Waals surface area contributed by atoms with Crippen LogP contribution in [0, 0.1) is 18.2 Å². The fraction of sp³-hybridized carbons (Fsp3) is 0.241. The van der Waals surface area contributed by atoms with Crippen LogP contribution in [0.25, 0.3) is 44.3 Å². The van der Waals surface area contributed by atoms with E-state index < -0.39 is 24.0 Å². The van der Waals surface area contributed by atoms with Gasteiger partial charge in [0.05, 0.1) is 23.5 Å². The Hall–Kier alpha value is -3.53. The summed E-state index contributed by atoms with van der Waals surface area (Å²) in [6.45, 7) is 5.18. The number of benzene rings is 3. The maximum absolute atomic E-state index is 15.5. The monoisotopic (exact) mass is 441 g/mol. The molecule has 3 nitrogen and oxygen atoms in total. The van der Waals surface area contributed by atoms with Gasteiger partial charge in [-0.25, -0.2) is 4.39 Å². The number of nitrogens with zero attached hydrogens (tertiary/aromatic N) is 2. The average molecular weight is 442 g/mol. The molecular weight excluding hydrogens is 411 g/mol. The molecule has 0 saturated heterocycles. The van der Waals surface area contributed by atoms with Crippen LogP contribution in [0.4, 0.5) is 4.39 Å². The highest BCUT2D eigenvalue weighted by molar-refractivity contribution is 6.13. The Morgan fingerprint density at radius 1 is 1.00 bits per heavy atom. The maximum atomic E-state index is 15.5. The van der Waals surface area contributed by atoms with E-state index in [0.29, 0.717) is 22.3 Å². The smallest absolute Gasteiger partial charge is 0.234 e. The molecule has 0 N–H and O–H groups in total. The number of hydrogen-bond donors (Lipinski definition) is 0. The van der Waals surface area contributed by atoms with E-state index in [2.05, 4.69) is 4.98 Å². The van der Waals surface area contributed by atoms with E-state index in [-0.39, 0.29) is 11.1 Å². The lowest BCUT2D eigenvalue weighted by Crippen LogP contribution is -2.30. The van der Waals surface area contributed by atoms with E-state index in [9.17, 15) is 0 Å². The third kappa shape index (κ3) is 3.08. The maximum Gasteiger partial charge on any atom is 0.234 e. The Labute approximate surface area is 198 Å². The van der Waals surface area contributed by atoms with Crippen molar-refractivity contribution in [3.63, 3.8) is 0 Å². The van der Waals surface area contributed by atoms with Crippen LogP contribution in [0.2, 0.25) is 0 Å². The largest absolute Gasteiger partial charge is 0.454 e. The molecule has 164 valence electrons. The van der Waals surface area contributed by atoms with Crippen LogP contribution in [0.1, 0.15) is 36.0 Å². The van der Waals surface area contributed by atoms with Crippen LogP contribution >= 0.6 is 0 Å². The van der Waals surface area contributed by atoms with Crippen molar-refractivity contribution in [1.82, 2.24) is 4.98 Å². The van der Waals surface area contributed by atoms with Gasteiger partial charge in [-0.3, -0.25) is 4.98 Å². The van der Waals surface area contributed by atoms with Crippen molar-refractivity contribution < 1.29 is 18.9 Å². The lowest BCUT2D eigenvalue weighted by atomic mass is 9.90. The molecular formula is C29H26FN2O+. The molecule has 1 aliphatic carbocycles. The van der Waals surface area contributed by atoms with E-state index in [0.717, 1.165) is 27.6 Å².